The molecule has 0 aromatic heterocycles. The third kappa shape index (κ3) is 5.98. The highest BCUT2D eigenvalue weighted by atomic mass is 31.2. The molecule has 0 N–H and O–H groups in total. The maximum absolute atomic E-state index is 14.1. The molecule has 4 nitrogen and oxygen atoms in total. The monoisotopic (exact) mass is 446 g/mol. The summed E-state index contributed by atoms with van der Waals surface area (Å²) in [7, 11) is -3.41. The Hall–Kier alpha value is -3.12. The summed E-state index contributed by atoms with van der Waals surface area (Å²) in [5, 5.41) is 1.19. The molecule has 0 unspecified atom stereocenters. The predicted molar refractivity (Wildman–Crippen MR) is 129 cm³/mol. The van der Waals surface area contributed by atoms with Crippen molar-refractivity contribution >= 4 is 23.9 Å². The second-order valence-electron chi connectivity index (χ2n) is 8.34. The van der Waals surface area contributed by atoms with E-state index in [0.29, 0.717) is 16.2 Å². The Kier molecular flexibility index (Phi) is 7.04. The van der Waals surface area contributed by atoms with Gasteiger partial charge in [-0.05, 0) is 64.1 Å². The van der Waals surface area contributed by atoms with E-state index in [0.717, 1.165) is 0 Å². The van der Waals surface area contributed by atoms with Crippen LogP contribution in [0.15, 0.2) is 91.0 Å². The van der Waals surface area contributed by atoms with Gasteiger partial charge in [-0.3, -0.25) is 4.57 Å². The van der Waals surface area contributed by atoms with E-state index in [-0.39, 0.29) is 0 Å². The Morgan fingerprint density at radius 3 is 1.56 bits per heavy atom. The van der Waals surface area contributed by atoms with E-state index in [9.17, 15) is 9.36 Å². The second kappa shape index (κ2) is 9.57. The Bertz CT molecular complexity index is 1110. The third-order valence-corrected chi connectivity index (χ3v) is 7.24. The molecule has 0 aliphatic heterocycles. The van der Waals surface area contributed by atoms with Crippen molar-refractivity contribution < 1.29 is 18.6 Å². The van der Waals surface area contributed by atoms with Crippen molar-refractivity contribution in [1.29, 1.82) is 0 Å². The van der Waals surface area contributed by atoms with Crippen molar-refractivity contribution in [3.8, 4) is 11.8 Å². The first-order valence-corrected chi connectivity index (χ1v) is 12.0. The van der Waals surface area contributed by atoms with Crippen molar-refractivity contribution in [3.05, 3.63) is 96.6 Å². The minimum Gasteiger partial charge on any atom is -0.443 e. The molecule has 3 rings (SSSR count). The lowest BCUT2D eigenvalue weighted by molar-refractivity contribution is 0.0201. The second-order valence-corrected chi connectivity index (χ2v) is 10.7. The largest absolute Gasteiger partial charge is 0.443 e. The van der Waals surface area contributed by atoms with Crippen molar-refractivity contribution in [2.75, 3.05) is 0 Å². The predicted octanol–water partition coefficient (Wildman–Crippen LogP) is 5.35. The van der Waals surface area contributed by atoms with Gasteiger partial charge in [-0.25, -0.2) is 4.79 Å². The molecular weight excluding hydrogens is 419 g/mol. The topological polar surface area (TPSA) is 52.6 Å². The maximum Gasteiger partial charge on any atom is 0.339 e. The average molecular weight is 446 g/mol. The van der Waals surface area contributed by atoms with E-state index in [1.54, 1.807) is 76.2 Å². The Labute approximate surface area is 190 Å². The molecule has 3 aromatic rings. The number of benzene rings is 3. The summed E-state index contributed by atoms with van der Waals surface area (Å²) in [6.07, 6.45) is 0. The smallest absolute Gasteiger partial charge is 0.339 e. The van der Waals surface area contributed by atoms with E-state index in [1.807, 2.05) is 42.5 Å². The number of carbonyl (C=O) groups is 1. The summed E-state index contributed by atoms with van der Waals surface area (Å²) in [5.41, 5.74) is -1.68. The zero-order valence-corrected chi connectivity index (χ0v) is 19.6. The van der Waals surface area contributed by atoms with Crippen LogP contribution in [0.2, 0.25) is 0 Å². The maximum atomic E-state index is 14.1. The first-order valence-electron chi connectivity index (χ1n) is 10.4. The van der Waals surface area contributed by atoms with Crippen LogP contribution >= 0.6 is 7.37 Å². The van der Waals surface area contributed by atoms with Gasteiger partial charge in [0.2, 0.25) is 0 Å². The van der Waals surface area contributed by atoms with Crippen LogP contribution in [0.25, 0.3) is 0 Å². The van der Waals surface area contributed by atoms with Gasteiger partial charge in [0.25, 0.3) is 7.37 Å². The van der Waals surface area contributed by atoms with Crippen molar-refractivity contribution in [3.63, 3.8) is 0 Å². The zero-order chi connectivity index (χ0) is 23.2. The fraction of sp³-hybridized carbons (Fsp3) is 0.222. The Morgan fingerprint density at radius 1 is 0.688 bits per heavy atom. The summed E-state index contributed by atoms with van der Waals surface area (Å²) in [6.45, 7) is 6.94. The highest BCUT2D eigenvalue weighted by molar-refractivity contribution is 7.74. The van der Waals surface area contributed by atoms with Crippen LogP contribution in [0.4, 0.5) is 0 Å². The Balaban J connectivity index is 1.86. The standard InChI is InChI=1S/C27H27O4P/c1-26(2,30-25(28)22-14-8-5-9-15-22)20-21-27(3,4)31-32(29,23-16-10-6-11-17-23)24-18-12-7-13-19-24/h5-19H,1-4H3. The van der Waals surface area contributed by atoms with Gasteiger partial charge < -0.3 is 9.26 Å². The van der Waals surface area contributed by atoms with Gasteiger partial charge in [-0.1, -0.05) is 66.4 Å². The van der Waals surface area contributed by atoms with E-state index in [2.05, 4.69) is 11.8 Å². The van der Waals surface area contributed by atoms with E-state index in [1.165, 1.54) is 0 Å². The lowest BCUT2D eigenvalue weighted by atomic mass is 10.1. The number of hydrogen-bond donors (Lipinski definition) is 0. The van der Waals surface area contributed by atoms with Gasteiger partial charge in [-0.15, -0.1) is 0 Å². The van der Waals surface area contributed by atoms with E-state index < -0.39 is 24.5 Å². The molecule has 32 heavy (non-hydrogen) atoms. The molecule has 0 bridgehead atoms. The Morgan fingerprint density at radius 2 is 1.09 bits per heavy atom. The molecule has 0 heterocycles. The SMILES string of the molecule is CC(C)(C#CC(C)(C)OP(=O)(c1ccccc1)c1ccccc1)OC(=O)c1ccccc1. The van der Waals surface area contributed by atoms with E-state index >= 15 is 0 Å². The number of ether oxygens (including phenoxy) is 1. The van der Waals surface area contributed by atoms with E-state index in [4.69, 9.17) is 9.26 Å². The van der Waals surface area contributed by atoms with Crippen LogP contribution < -0.4 is 10.6 Å². The van der Waals surface area contributed by atoms with Crippen LogP contribution in [0.5, 0.6) is 0 Å². The molecule has 0 saturated heterocycles. The van der Waals surface area contributed by atoms with Gasteiger partial charge in [-0.2, -0.15) is 0 Å². The zero-order valence-electron chi connectivity index (χ0n) is 18.7. The number of carbonyl (C=O) groups excluding carboxylic acids is 1. The van der Waals surface area contributed by atoms with Crippen LogP contribution in [-0.4, -0.2) is 17.2 Å². The van der Waals surface area contributed by atoms with Crippen molar-refractivity contribution in [2.24, 2.45) is 0 Å². The first-order chi connectivity index (χ1) is 15.1. The molecule has 5 heteroatoms. The van der Waals surface area contributed by atoms with Crippen molar-refractivity contribution in [2.45, 2.75) is 38.9 Å². The first kappa shape index (κ1) is 23.5. The summed E-state index contributed by atoms with van der Waals surface area (Å²) < 4.78 is 25.9. The molecule has 0 amide bonds. The van der Waals surface area contributed by atoms with Gasteiger partial charge in [0.1, 0.15) is 5.60 Å². The molecule has 3 aromatic carbocycles. The molecule has 164 valence electrons. The lowest BCUT2D eigenvalue weighted by Gasteiger charge is -2.28. The molecule has 0 spiro atoms. The molecule has 0 aliphatic carbocycles. The highest BCUT2D eigenvalue weighted by Crippen LogP contribution is 2.48. The van der Waals surface area contributed by atoms with Crippen LogP contribution in [0.3, 0.4) is 0 Å². The van der Waals surface area contributed by atoms with Crippen LogP contribution in [0, 0.1) is 11.8 Å². The quantitative estimate of drug-likeness (QED) is 0.291. The van der Waals surface area contributed by atoms with Crippen LogP contribution in [-0.2, 0) is 13.8 Å². The highest BCUT2D eigenvalue weighted by Gasteiger charge is 2.35. The summed E-state index contributed by atoms with van der Waals surface area (Å²) >= 11 is 0. The molecule has 0 fully saturated rings. The van der Waals surface area contributed by atoms with Gasteiger partial charge in [0.05, 0.1) is 5.56 Å². The summed E-state index contributed by atoms with van der Waals surface area (Å²) in [4.78, 5) is 12.4. The summed E-state index contributed by atoms with van der Waals surface area (Å²) in [6, 6.07) is 27.0. The molecule has 0 atom stereocenters. The minimum absolute atomic E-state index is 0.454. The van der Waals surface area contributed by atoms with Crippen LogP contribution in [0.1, 0.15) is 38.1 Å². The van der Waals surface area contributed by atoms with Gasteiger partial charge in [0.15, 0.2) is 5.60 Å². The average Bonchev–Trinajstić information content (AvgIpc) is 2.79. The molecule has 0 radical (unpaired) electrons. The number of rotatable bonds is 6. The normalized spacial score (nSPS) is 11.9. The fourth-order valence-corrected chi connectivity index (χ4v) is 5.37. The van der Waals surface area contributed by atoms with Gasteiger partial charge in [0, 0.05) is 10.6 Å². The molecule has 0 saturated carbocycles. The number of hydrogen-bond acceptors (Lipinski definition) is 4. The minimum atomic E-state index is -3.41. The number of esters is 1. The van der Waals surface area contributed by atoms with Crippen molar-refractivity contribution in [1.82, 2.24) is 0 Å². The summed E-state index contributed by atoms with van der Waals surface area (Å²) in [5.74, 6) is 5.56. The van der Waals surface area contributed by atoms with Gasteiger partial charge >= 0.3 is 5.97 Å². The lowest BCUT2D eigenvalue weighted by Crippen LogP contribution is -2.30. The third-order valence-electron chi connectivity index (χ3n) is 4.57. The molecule has 0 aliphatic rings. The fourth-order valence-electron chi connectivity index (χ4n) is 3.04. The molecular formula is C27H27O4P.